The topological polar surface area (TPSA) is 25.8 Å². The lowest BCUT2D eigenvalue weighted by molar-refractivity contribution is 1.38. The number of rotatable bonds is 1. The van der Waals surface area contributed by atoms with Crippen molar-refractivity contribution in [1.29, 1.82) is 0 Å². The molecule has 3 heteroatoms. The highest BCUT2D eigenvalue weighted by atomic mass is 32.1. The summed E-state index contributed by atoms with van der Waals surface area (Å²) in [5.41, 5.74) is 2.19. The fourth-order valence-corrected chi connectivity index (χ4v) is 2.57. The van der Waals surface area contributed by atoms with E-state index >= 15 is 0 Å². The van der Waals surface area contributed by atoms with Gasteiger partial charge in [-0.25, -0.2) is 4.98 Å². The molecule has 16 heavy (non-hydrogen) atoms. The smallest absolute Gasteiger partial charge is 0.124 e. The quantitative estimate of drug-likeness (QED) is 0.632. The van der Waals surface area contributed by atoms with E-state index in [0.29, 0.717) is 0 Å². The third kappa shape index (κ3) is 1.49. The van der Waals surface area contributed by atoms with Gasteiger partial charge in [0.1, 0.15) is 5.01 Å². The summed E-state index contributed by atoms with van der Waals surface area (Å²) >= 11 is 1.72. The first-order valence-electron chi connectivity index (χ1n) is 5.11. The lowest BCUT2D eigenvalue weighted by atomic mass is 10.1. The molecule has 1 aromatic carbocycles. The molecule has 2 aromatic heterocycles. The second-order valence-corrected chi connectivity index (χ2v) is 4.89. The summed E-state index contributed by atoms with van der Waals surface area (Å²) < 4.78 is 0. The summed E-state index contributed by atoms with van der Waals surface area (Å²) in [4.78, 5) is 10.0. The number of fused-ring (bicyclic) bond motifs is 1. The van der Waals surface area contributed by atoms with Crippen molar-refractivity contribution in [3.8, 4) is 10.6 Å². The van der Waals surface area contributed by atoms with Crippen LogP contribution in [0.4, 0.5) is 0 Å². The molecule has 0 unspecified atom stereocenters. The van der Waals surface area contributed by atoms with Gasteiger partial charge in [-0.3, -0.25) is 4.98 Å². The number of benzene rings is 1. The third-order valence-corrected chi connectivity index (χ3v) is 3.44. The Morgan fingerprint density at radius 3 is 2.81 bits per heavy atom. The van der Waals surface area contributed by atoms with Crippen molar-refractivity contribution in [2.24, 2.45) is 0 Å². The van der Waals surface area contributed by atoms with Crippen LogP contribution in [0.5, 0.6) is 0 Å². The average Bonchev–Trinajstić information content (AvgIpc) is 2.75. The highest BCUT2D eigenvalue weighted by Gasteiger charge is 2.06. The number of aromatic nitrogens is 2. The summed E-state index contributed by atoms with van der Waals surface area (Å²) in [6, 6.07) is 10.2. The predicted octanol–water partition coefficient (Wildman–Crippen LogP) is 3.67. The van der Waals surface area contributed by atoms with E-state index in [4.69, 9.17) is 0 Å². The highest BCUT2D eigenvalue weighted by Crippen LogP contribution is 2.30. The van der Waals surface area contributed by atoms with E-state index in [0.717, 1.165) is 10.5 Å². The minimum Gasteiger partial charge on any atom is -0.256 e. The number of hydrogen-bond donors (Lipinski definition) is 0. The molecule has 0 bridgehead atoms. The largest absolute Gasteiger partial charge is 0.256 e. The molecule has 0 atom stereocenters. The van der Waals surface area contributed by atoms with Gasteiger partial charge in [0.25, 0.3) is 0 Å². The van der Waals surface area contributed by atoms with Gasteiger partial charge < -0.3 is 0 Å². The maximum atomic E-state index is 4.43. The van der Waals surface area contributed by atoms with Gasteiger partial charge in [0.05, 0.1) is 5.52 Å². The van der Waals surface area contributed by atoms with Crippen LogP contribution in [0.1, 0.15) is 4.88 Å². The Labute approximate surface area is 97.6 Å². The highest BCUT2D eigenvalue weighted by molar-refractivity contribution is 7.15. The van der Waals surface area contributed by atoms with E-state index in [2.05, 4.69) is 29.0 Å². The molecule has 78 valence electrons. The first kappa shape index (κ1) is 9.48. The van der Waals surface area contributed by atoms with Crippen molar-refractivity contribution < 1.29 is 0 Å². The van der Waals surface area contributed by atoms with Gasteiger partial charge in [-0.1, -0.05) is 18.2 Å². The van der Waals surface area contributed by atoms with Crippen LogP contribution in [0.2, 0.25) is 0 Å². The third-order valence-electron chi connectivity index (χ3n) is 2.50. The second kappa shape index (κ2) is 3.68. The van der Waals surface area contributed by atoms with Crippen LogP contribution in [0.3, 0.4) is 0 Å². The molecule has 0 amide bonds. The average molecular weight is 226 g/mol. The van der Waals surface area contributed by atoms with E-state index < -0.39 is 0 Å². The molecular formula is C13H10N2S. The number of hydrogen-bond acceptors (Lipinski definition) is 3. The van der Waals surface area contributed by atoms with Crippen LogP contribution >= 0.6 is 11.3 Å². The molecule has 2 nitrogen and oxygen atoms in total. The number of pyridine rings is 1. The molecule has 0 radical (unpaired) electrons. The van der Waals surface area contributed by atoms with Crippen LogP contribution in [-0.4, -0.2) is 9.97 Å². The summed E-state index contributed by atoms with van der Waals surface area (Å²) in [5, 5.41) is 2.23. The molecule has 0 aliphatic rings. The zero-order chi connectivity index (χ0) is 11.0. The van der Waals surface area contributed by atoms with Gasteiger partial charge in [-0.15, -0.1) is 11.3 Å². The molecule has 0 aliphatic carbocycles. The van der Waals surface area contributed by atoms with Crippen molar-refractivity contribution in [2.45, 2.75) is 6.92 Å². The van der Waals surface area contributed by atoms with Crippen LogP contribution < -0.4 is 0 Å². The molecule has 0 aliphatic heterocycles. The monoisotopic (exact) mass is 226 g/mol. The van der Waals surface area contributed by atoms with Crippen molar-refractivity contribution in [2.75, 3.05) is 0 Å². The molecule has 0 saturated carbocycles. The summed E-state index contributed by atoms with van der Waals surface area (Å²) in [6.07, 6.45) is 3.73. The lowest BCUT2D eigenvalue weighted by Gasteiger charge is -2.01. The molecule has 0 saturated heterocycles. The van der Waals surface area contributed by atoms with Crippen molar-refractivity contribution in [3.63, 3.8) is 0 Å². The Morgan fingerprint density at radius 2 is 2.00 bits per heavy atom. The number of nitrogens with zero attached hydrogens (tertiary/aromatic N) is 2. The Morgan fingerprint density at radius 1 is 1.06 bits per heavy atom. The lowest BCUT2D eigenvalue weighted by Crippen LogP contribution is -1.81. The van der Waals surface area contributed by atoms with Gasteiger partial charge in [-0.2, -0.15) is 0 Å². The van der Waals surface area contributed by atoms with Gasteiger partial charge in [0, 0.05) is 28.2 Å². The maximum Gasteiger partial charge on any atom is 0.124 e. The van der Waals surface area contributed by atoms with Crippen LogP contribution in [0, 0.1) is 6.92 Å². The molecule has 2 heterocycles. The first-order valence-corrected chi connectivity index (χ1v) is 5.93. The van der Waals surface area contributed by atoms with Crippen LogP contribution in [0.25, 0.3) is 21.5 Å². The minimum absolute atomic E-state index is 1.02. The molecule has 3 rings (SSSR count). The Balaban J connectivity index is 2.31. The zero-order valence-electron chi connectivity index (χ0n) is 8.84. The maximum absolute atomic E-state index is 4.43. The summed E-state index contributed by atoms with van der Waals surface area (Å²) in [7, 11) is 0. The normalized spacial score (nSPS) is 10.8. The SMILES string of the molecule is Cc1cnc(-c2cccc3ncccc23)s1. The fourth-order valence-electron chi connectivity index (χ4n) is 1.77. The summed E-state index contributed by atoms with van der Waals surface area (Å²) in [5.74, 6) is 0. The standard InChI is InChI=1S/C13H10N2S/c1-9-8-15-13(16-9)11-4-2-6-12-10(11)5-3-7-14-12/h2-8H,1H3. The Hall–Kier alpha value is -1.74. The Kier molecular flexibility index (Phi) is 2.18. The van der Waals surface area contributed by atoms with Gasteiger partial charge in [0.2, 0.25) is 0 Å². The Bertz CT molecular complexity index is 638. The van der Waals surface area contributed by atoms with Crippen molar-refractivity contribution in [3.05, 3.63) is 47.6 Å². The molecule has 3 aromatic rings. The predicted molar refractivity (Wildman–Crippen MR) is 67.6 cm³/mol. The van der Waals surface area contributed by atoms with Crippen LogP contribution in [0.15, 0.2) is 42.7 Å². The fraction of sp³-hybridized carbons (Fsp3) is 0.0769. The number of thiazole rings is 1. The molecule has 0 fully saturated rings. The van der Waals surface area contributed by atoms with Gasteiger partial charge in [-0.05, 0) is 19.1 Å². The van der Waals surface area contributed by atoms with Gasteiger partial charge in [0.15, 0.2) is 0 Å². The van der Waals surface area contributed by atoms with E-state index in [-0.39, 0.29) is 0 Å². The molecule has 0 N–H and O–H groups in total. The van der Waals surface area contributed by atoms with E-state index in [1.54, 1.807) is 11.3 Å². The van der Waals surface area contributed by atoms with Crippen molar-refractivity contribution >= 4 is 22.2 Å². The molecule has 0 spiro atoms. The molecular weight excluding hydrogens is 216 g/mol. The number of aryl methyl sites for hydroxylation is 1. The van der Waals surface area contributed by atoms with Gasteiger partial charge >= 0.3 is 0 Å². The summed E-state index contributed by atoms with van der Waals surface area (Å²) in [6.45, 7) is 2.07. The van der Waals surface area contributed by atoms with E-state index in [9.17, 15) is 0 Å². The first-order chi connectivity index (χ1) is 7.84. The van der Waals surface area contributed by atoms with Crippen molar-refractivity contribution in [1.82, 2.24) is 9.97 Å². The second-order valence-electron chi connectivity index (χ2n) is 3.65. The van der Waals surface area contributed by atoms with Crippen LogP contribution in [-0.2, 0) is 0 Å². The zero-order valence-corrected chi connectivity index (χ0v) is 9.66. The van der Waals surface area contributed by atoms with E-state index in [1.807, 2.05) is 30.6 Å². The van der Waals surface area contributed by atoms with E-state index in [1.165, 1.54) is 15.8 Å². The minimum atomic E-state index is 1.02.